The Labute approximate surface area is 208 Å². The van der Waals surface area contributed by atoms with Gasteiger partial charge in [-0.3, -0.25) is 9.97 Å². The predicted octanol–water partition coefficient (Wildman–Crippen LogP) is 6.11. The molecule has 6 heteroatoms. The molecule has 6 nitrogen and oxygen atoms in total. The minimum absolute atomic E-state index is 0.102. The summed E-state index contributed by atoms with van der Waals surface area (Å²) < 4.78 is 11.2. The fourth-order valence-corrected chi connectivity index (χ4v) is 4.22. The lowest BCUT2D eigenvalue weighted by Gasteiger charge is -2.11. The molecule has 5 aromatic rings. The standard InChI is InChI=1S/C30H24N2O4/c1-19-14-25(23-10-3-5-12-27(23)31-19)29(33)35-17-21-8-7-9-22(16-21)18-36-30(34)26-15-20(2)32-28-13-6-4-11-24(26)28/h3-16H,17-18H2,1-2H3. The Morgan fingerprint density at radius 3 is 1.53 bits per heavy atom. The molecule has 0 atom stereocenters. The van der Waals surface area contributed by atoms with Gasteiger partial charge in [0.25, 0.3) is 0 Å². The van der Waals surface area contributed by atoms with E-state index in [1.807, 2.05) is 86.6 Å². The van der Waals surface area contributed by atoms with Crippen LogP contribution in [0.15, 0.2) is 84.9 Å². The van der Waals surface area contributed by atoms with E-state index in [1.54, 1.807) is 12.1 Å². The SMILES string of the molecule is Cc1cc(C(=O)OCc2cccc(COC(=O)c3cc(C)nc4ccccc34)c2)c2ccccc2n1. The highest BCUT2D eigenvalue weighted by molar-refractivity contribution is 6.04. The Hall–Kier alpha value is -4.58. The second-order valence-electron chi connectivity index (χ2n) is 8.63. The number of esters is 2. The summed E-state index contributed by atoms with van der Waals surface area (Å²) in [6.07, 6.45) is 0. The van der Waals surface area contributed by atoms with Gasteiger partial charge in [-0.2, -0.15) is 0 Å². The number of para-hydroxylation sites is 2. The van der Waals surface area contributed by atoms with E-state index in [0.717, 1.165) is 44.3 Å². The highest BCUT2D eigenvalue weighted by atomic mass is 16.5. The Balaban J connectivity index is 1.26. The number of fused-ring (bicyclic) bond motifs is 2. The Morgan fingerprint density at radius 2 is 1.06 bits per heavy atom. The molecule has 0 amide bonds. The van der Waals surface area contributed by atoms with Gasteiger partial charge in [-0.05, 0) is 55.3 Å². The highest BCUT2D eigenvalue weighted by Gasteiger charge is 2.15. The summed E-state index contributed by atoms with van der Waals surface area (Å²) in [5, 5.41) is 1.51. The molecule has 3 aromatic carbocycles. The molecule has 0 saturated heterocycles. The van der Waals surface area contributed by atoms with Gasteiger partial charge in [0.1, 0.15) is 13.2 Å². The molecule has 0 aliphatic carbocycles. The maximum atomic E-state index is 12.9. The number of carbonyl (C=O) groups is 2. The number of nitrogens with zero attached hydrogens (tertiary/aromatic N) is 2. The first-order chi connectivity index (χ1) is 17.5. The van der Waals surface area contributed by atoms with E-state index in [9.17, 15) is 9.59 Å². The summed E-state index contributed by atoms with van der Waals surface area (Å²) in [4.78, 5) is 34.7. The van der Waals surface area contributed by atoms with Crippen LogP contribution in [0.4, 0.5) is 0 Å². The van der Waals surface area contributed by atoms with E-state index in [0.29, 0.717) is 11.1 Å². The third kappa shape index (κ3) is 4.93. The third-order valence-electron chi connectivity index (χ3n) is 5.86. The van der Waals surface area contributed by atoms with Gasteiger partial charge in [-0.25, -0.2) is 9.59 Å². The zero-order chi connectivity index (χ0) is 25.1. The Kier molecular flexibility index (Phi) is 6.41. The number of pyridine rings is 2. The summed E-state index contributed by atoms with van der Waals surface area (Å²) in [7, 11) is 0. The van der Waals surface area contributed by atoms with Crippen molar-refractivity contribution >= 4 is 33.7 Å². The number of hydrogen-bond acceptors (Lipinski definition) is 6. The van der Waals surface area contributed by atoms with Crippen molar-refractivity contribution in [3.63, 3.8) is 0 Å². The van der Waals surface area contributed by atoms with E-state index < -0.39 is 11.9 Å². The van der Waals surface area contributed by atoms with Crippen molar-refractivity contribution < 1.29 is 19.1 Å². The number of aromatic nitrogens is 2. The molecular formula is C30H24N2O4. The van der Waals surface area contributed by atoms with Crippen molar-refractivity contribution in [1.29, 1.82) is 0 Å². The number of ether oxygens (including phenoxy) is 2. The molecular weight excluding hydrogens is 452 g/mol. The normalized spacial score (nSPS) is 10.9. The highest BCUT2D eigenvalue weighted by Crippen LogP contribution is 2.21. The van der Waals surface area contributed by atoms with E-state index in [4.69, 9.17) is 9.47 Å². The van der Waals surface area contributed by atoms with Gasteiger partial charge in [0, 0.05) is 22.2 Å². The van der Waals surface area contributed by atoms with Crippen LogP contribution in [0.3, 0.4) is 0 Å². The molecule has 36 heavy (non-hydrogen) atoms. The maximum Gasteiger partial charge on any atom is 0.339 e. The topological polar surface area (TPSA) is 78.4 Å². The van der Waals surface area contributed by atoms with Crippen LogP contribution in [-0.2, 0) is 22.7 Å². The summed E-state index contributed by atoms with van der Waals surface area (Å²) in [6.45, 7) is 3.91. The zero-order valence-corrected chi connectivity index (χ0v) is 20.0. The molecule has 0 fully saturated rings. The Morgan fingerprint density at radius 1 is 0.611 bits per heavy atom. The van der Waals surface area contributed by atoms with Gasteiger partial charge < -0.3 is 9.47 Å². The first kappa shape index (κ1) is 23.2. The van der Waals surface area contributed by atoms with Crippen molar-refractivity contribution in [2.75, 3.05) is 0 Å². The van der Waals surface area contributed by atoms with Gasteiger partial charge >= 0.3 is 11.9 Å². The minimum Gasteiger partial charge on any atom is -0.457 e. The molecule has 0 bridgehead atoms. The van der Waals surface area contributed by atoms with Gasteiger partial charge in [-0.1, -0.05) is 54.6 Å². The van der Waals surface area contributed by atoms with Gasteiger partial charge in [0.05, 0.1) is 22.2 Å². The lowest BCUT2D eigenvalue weighted by Crippen LogP contribution is -2.08. The van der Waals surface area contributed by atoms with Crippen LogP contribution in [0.2, 0.25) is 0 Å². The van der Waals surface area contributed by atoms with E-state index in [-0.39, 0.29) is 13.2 Å². The molecule has 2 aromatic heterocycles. The summed E-state index contributed by atoms with van der Waals surface area (Å²) >= 11 is 0. The van der Waals surface area contributed by atoms with Crippen LogP contribution in [0.5, 0.6) is 0 Å². The third-order valence-corrected chi connectivity index (χ3v) is 5.86. The fraction of sp³-hybridized carbons (Fsp3) is 0.133. The molecule has 0 radical (unpaired) electrons. The molecule has 0 unspecified atom stereocenters. The van der Waals surface area contributed by atoms with E-state index in [2.05, 4.69) is 9.97 Å². The van der Waals surface area contributed by atoms with Gasteiger partial charge in [0.15, 0.2) is 0 Å². The zero-order valence-electron chi connectivity index (χ0n) is 20.0. The fourth-order valence-electron chi connectivity index (χ4n) is 4.22. The van der Waals surface area contributed by atoms with Crippen LogP contribution in [0.25, 0.3) is 21.8 Å². The summed E-state index contributed by atoms with van der Waals surface area (Å²) in [6, 6.07) is 25.9. The monoisotopic (exact) mass is 476 g/mol. The Bertz CT molecular complexity index is 1490. The number of hydrogen-bond donors (Lipinski definition) is 0. The van der Waals surface area contributed by atoms with Crippen molar-refractivity contribution in [2.45, 2.75) is 27.1 Å². The van der Waals surface area contributed by atoms with Crippen molar-refractivity contribution in [3.05, 3.63) is 119 Å². The largest absolute Gasteiger partial charge is 0.457 e. The van der Waals surface area contributed by atoms with E-state index in [1.165, 1.54) is 0 Å². The molecule has 0 aliphatic rings. The first-order valence-corrected chi connectivity index (χ1v) is 11.6. The molecule has 178 valence electrons. The number of benzene rings is 3. The average molecular weight is 477 g/mol. The number of carbonyl (C=O) groups excluding carboxylic acids is 2. The second kappa shape index (κ2) is 9.96. The van der Waals surface area contributed by atoms with Gasteiger partial charge in [-0.15, -0.1) is 0 Å². The van der Waals surface area contributed by atoms with E-state index >= 15 is 0 Å². The molecule has 2 heterocycles. The summed E-state index contributed by atoms with van der Waals surface area (Å²) in [5.74, 6) is -0.818. The van der Waals surface area contributed by atoms with Crippen LogP contribution in [-0.4, -0.2) is 21.9 Å². The van der Waals surface area contributed by atoms with Crippen molar-refractivity contribution in [1.82, 2.24) is 9.97 Å². The van der Waals surface area contributed by atoms with Gasteiger partial charge in [0.2, 0.25) is 0 Å². The predicted molar refractivity (Wildman–Crippen MR) is 138 cm³/mol. The second-order valence-corrected chi connectivity index (χ2v) is 8.63. The lowest BCUT2D eigenvalue weighted by molar-refractivity contribution is 0.0473. The van der Waals surface area contributed by atoms with Crippen LogP contribution < -0.4 is 0 Å². The number of rotatable bonds is 6. The van der Waals surface area contributed by atoms with Crippen molar-refractivity contribution in [2.24, 2.45) is 0 Å². The quantitative estimate of drug-likeness (QED) is 0.275. The molecule has 0 spiro atoms. The first-order valence-electron chi connectivity index (χ1n) is 11.6. The van der Waals surface area contributed by atoms with Crippen LogP contribution in [0.1, 0.15) is 43.2 Å². The smallest absolute Gasteiger partial charge is 0.339 e. The van der Waals surface area contributed by atoms with Crippen LogP contribution >= 0.6 is 0 Å². The molecule has 0 saturated carbocycles. The molecule has 0 N–H and O–H groups in total. The lowest BCUT2D eigenvalue weighted by atomic mass is 10.1. The molecule has 5 rings (SSSR count). The van der Waals surface area contributed by atoms with Crippen LogP contribution in [0, 0.1) is 13.8 Å². The summed E-state index contributed by atoms with van der Waals surface area (Å²) in [5.41, 5.74) is 5.60. The van der Waals surface area contributed by atoms with Crippen molar-refractivity contribution in [3.8, 4) is 0 Å². The molecule has 0 aliphatic heterocycles. The number of aryl methyl sites for hydroxylation is 2. The average Bonchev–Trinajstić information content (AvgIpc) is 2.89. The minimum atomic E-state index is -0.409. The maximum absolute atomic E-state index is 12.9.